The highest BCUT2D eigenvalue weighted by molar-refractivity contribution is 5.80. The second kappa shape index (κ2) is 12.2. The van der Waals surface area contributed by atoms with E-state index in [4.69, 9.17) is 4.74 Å². The van der Waals surface area contributed by atoms with Crippen LogP contribution < -0.4 is 20.7 Å². The number of benzene rings is 1. The first-order chi connectivity index (χ1) is 14.0. The minimum absolute atomic E-state index is 0.0307. The number of guanidine groups is 1. The Morgan fingerprint density at radius 3 is 2.66 bits per heavy atom. The van der Waals surface area contributed by atoms with Crippen LogP contribution in [0.4, 0.5) is 4.39 Å². The number of amides is 1. The van der Waals surface area contributed by atoms with Gasteiger partial charge in [0.15, 0.2) is 5.96 Å². The second-order valence-corrected chi connectivity index (χ2v) is 7.01. The lowest BCUT2D eigenvalue weighted by atomic mass is 10.1. The molecule has 9 heteroatoms. The van der Waals surface area contributed by atoms with Crippen LogP contribution >= 0.6 is 0 Å². The van der Waals surface area contributed by atoms with Gasteiger partial charge in [0, 0.05) is 32.7 Å². The quantitative estimate of drug-likeness (QED) is 0.347. The number of aliphatic hydroxyl groups is 1. The Morgan fingerprint density at radius 1 is 1.34 bits per heavy atom. The lowest BCUT2D eigenvalue weighted by Gasteiger charge is -2.32. The second-order valence-electron chi connectivity index (χ2n) is 7.01. The van der Waals surface area contributed by atoms with Crippen LogP contribution in [0.3, 0.4) is 0 Å². The number of carbonyl (C=O) groups is 1. The van der Waals surface area contributed by atoms with Crippen molar-refractivity contribution < 1.29 is 19.0 Å². The van der Waals surface area contributed by atoms with Gasteiger partial charge in [-0.15, -0.1) is 0 Å². The molecule has 29 heavy (non-hydrogen) atoms. The molecule has 1 atom stereocenters. The van der Waals surface area contributed by atoms with Crippen molar-refractivity contribution >= 4 is 11.9 Å². The maximum Gasteiger partial charge on any atom is 0.233 e. The molecule has 1 heterocycles. The van der Waals surface area contributed by atoms with Gasteiger partial charge >= 0.3 is 0 Å². The molecule has 4 N–H and O–H groups in total. The summed E-state index contributed by atoms with van der Waals surface area (Å²) in [7, 11) is 1.65. The van der Waals surface area contributed by atoms with Crippen molar-refractivity contribution in [2.75, 3.05) is 46.4 Å². The zero-order valence-corrected chi connectivity index (χ0v) is 17.2. The molecule has 2 rings (SSSR count). The van der Waals surface area contributed by atoms with Crippen molar-refractivity contribution in [3.63, 3.8) is 0 Å². The largest absolute Gasteiger partial charge is 0.491 e. The summed E-state index contributed by atoms with van der Waals surface area (Å²) in [6.45, 7) is 5.08. The smallest absolute Gasteiger partial charge is 0.233 e. The van der Waals surface area contributed by atoms with Crippen molar-refractivity contribution in [1.82, 2.24) is 20.9 Å². The molecule has 1 aliphatic heterocycles. The molecule has 162 valence electrons. The summed E-state index contributed by atoms with van der Waals surface area (Å²) in [6, 6.07) is 5.93. The van der Waals surface area contributed by atoms with Crippen LogP contribution in [-0.4, -0.2) is 80.4 Å². The van der Waals surface area contributed by atoms with Crippen LogP contribution in [0.1, 0.15) is 19.8 Å². The maximum atomic E-state index is 12.9. The zero-order chi connectivity index (χ0) is 21.1. The number of nitrogens with one attached hydrogen (secondary N) is 3. The number of aliphatic hydroxyl groups excluding tert-OH is 1. The molecule has 0 aromatic heterocycles. The Balaban J connectivity index is 1.75. The minimum atomic E-state index is -0.773. The van der Waals surface area contributed by atoms with E-state index in [9.17, 15) is 14.3 Å². The first-order valence-electron chi connectivity index (χ1n) is 10.0. The van der Waals surface area contributed by atoms with E-state index in [1.807, 2.05) is 6.92 Å². The number of carbonyl (C=O) groups excluding carboxylic acids is 1. The van der Waals surface area contributed by atoms with Crippen LogP contribution in [0.15, 0.2) is 29.3 Å². The van der Waals surface area contributed by atoms with Gasteiger partial charge in [0.05, 0.1) is 13.1 Å². The Hall–Kier alpha value is -2.39. The summed E-state index contributed by atoms with van der Waals surface area (Å²) in [5, 5.41) is 19.4. The van der Waals surface area contributed by atoms with E-state index in [0.29, 0.717) is 24.8 Å². The van der Waals surface area contributed by atoms with Gasteiger partial charge in [-0.2, -0.15) is 0 Å². The fourth-order valence-corrected chi connectivity index (χ4v) is 3.00. The molecule has 1 unspecified atom stereocenters. The Kier molecular flexibility index (Phi) is 9.66. The number of nitrogens with zero attached hydrogens (tertiary/aromatic N) is 2. The number of hydrogen-bond donors (Lipinski definition) is 4. The van der Waals surface area contributed by atoms with Gasteiger partial charge in [-0.05, 0) is 44.0 Å². The van der Waals surface area contributed by atoms with E-state index in [1.165, 1.54) is 24.3 Å². The van der Waals surface area contributed by atoms with Gasteiger partial charge in [0.1, 0.15) is 24.3 Å². The number of aliphatic imine (C=N–C) groups is 1. The van der Waals surface area contributed by atoms with Crippen molar-refractivity contribution in [3.8, 4) is 5.75 Å². The van der Waals surface area contributed by atoms with E-state index >= 15 is 0 Å². The van der Waals surface area contributed by atoms with Gasteiger partial charge in [0.2, 0.25) is 5.91 Å². The predicted octanol–water partition coefficient (Wildman–Crippen LogP) is 0.331. The average molecular weight is 410 g/mol. The summed E-state index contributed by atoms with van der Waals surface area (Å²) in [4.78, 5) is 18.1. The standard InChI is InChI=1S/C20H32FN5O3/c1-3-23-20(25-16-8-10-26(11-9-16)13-19(28)22-2)24-12-17(27)14-29-18-6-4-15(21)5-7-18/h4-7,16-17,27H,3,8-14H2,1-2H3,(H,22,28)(H2,23,24,25). The van der Waals surface area contributed by atoms with Crippen LogP contribution in [0, 0.1) is 5.82 Å². The highest BCUT2D eigenvalue weighted by Crippen LogP contribution is 2.12. The van der Waals surface area contributed by atoms with Gasteiger partial charge in [-0.25, -0.2) is 4.39 Å². The average Bonchev–Trinajstić information content (AvgIpc) is 2.73. The summed E-state index contributed by atoms with van der Waals surface area (Å²) in [5.41, 5.74) is 0. The molecule has 1 aromatic carbocycles. The third kappa shape index (κ3) is 8.66. The van der Waals surface area contributed by atoms with Crippen molar-refractivity contribution in [2.45, 2.75) is 31.9 Å². The molecule has 0 aliphatic carbocycles. The number of piperidine rings is 1. The molecule has 0 radical (unpaired) electrons. The fraction of sp³-hybridized carbons (Fsp3) is 0.600. The summed E-state index contributed by atoms with van der Waals surface area (Å²) in [6.07, 6.45) is 1.06. The van der Waals surface area contributed by atoms with Gasteiger partial charge in [-0.3, -0.25) is 14.7 Å². The van der Waals surface area contributed by atoms with Crippen LogP contribution in [0.2, 0.25) is 0 Å². The molecular weight excluding hydrogens is 377 g/mol. The first kappa shape index (κ1) is 22.9. The monoisotopic (exact) mass is 409 g/mol. The van der Waals surface area contributed by atoms with E-state index in [1.54, 1.807) is 7.05 Å². The van der Waals surface area contributed by atoms with Crippen LogP contribution in [-0.2, 0) is 4.79 Å². The number of likely N-dealkylation sites (tertiary alicyclic amines) is 1. The van der Waals surface area contributed by atoms with E-state index in [0.717, 1.165) is 25.9 Å². The maximum absolute atomic E-state index is 12.9. The predicted molar refractivity (Wildman–Crippen MR) is 111 cm³/mol. The third-order valence-corrected chi connectivity index (χ3v) is 4.63. The van der Waals surface area contributed by atoms with Gasteiger partial charge in [0.25, 0.3) is 0 Å². The van der Waals surface area contributed by atoms with Crippen LogP contribution in [0.25, 0.3) is 0 Å². The number of rotatable bonds is 9. The highest BCUT2D eigenvalue weighted by Gasteiger charge is 2.21. The van der Waals surface area contributed by atoms with E-state index in [2.05, 4.69) is 25.8 Å². The molecule has 0 saturated carbocycles. The minimum Gasteiger partial charge on any atom is -0.491 e. The fourth-order valence-electron chi connectivity index (χ4n) is 3.00. The Bertz CT molecular complexity index is 648. The molecule has 1 aromatic rings. The zero-order valence-electron chi connectivity index (χ0n) is 17.2. The topological polar surface area (TPSA) is 98.2 Å². The normalized spacial score (nSPS) is 16.9. The molecule has 1 fully saturated rings. The third-order valence-electron chi connectivity index (χ3n) is 4.63. The van der Waals surface area contributed by atoms with Gasteiger partial charge < -0.3 is 25.8 Å². The molecule has 1 saturated heterocycles. The molecule has 8 nitrogen and oxygen atoms in total. The molecule has 0 spiro atoms. The van der Waals surface area contributed by atoms with Crippen molar-refractivity contribution in [2.24, 2.45) is 4.99 Å². The number of likely N-dealkylation sites (N-methyl/N-ethyl adjacent to an activating group) is 1. The summed E-state index contributed by atoms with van der Waals surface area (Å²) >= 11 is 0. The Labute approximate surface area is 171 Å². The lowest BCUT2D eigenvalue weighted by molar-refractivity contribution is -0.122. The molecule has 1 aliphatic rings. The number of ether oxygens (including phenoxy) is 1. The number of halogens is 1. The van der Waals surface area contributed by atoms with Crippen molar-refractivity contribution in [3.05, 3.63) is 30.1 Å². The molecule has 0 bridgehead atoms. The Morgan fingerprint density at radius 2 is 2.03 bits per heavy atom. The number of hydrogen-bond acceptors (Lipinski definition) is 5. The summed E-state index contributed by atoms with van der Waals surface area (Å²) < 4.78 is 18.3. The van der Waals surface area contributed by atoms with E-state index in [-0.39, 0.29) is 30.9 Å². The summed E-state index contributed by atoms with van der Waals surface area (Å²) in [5.74, 6) is 0.854. The lowest BCUT2D eigenvalue weighted by Crippen LogP contribution is -2.50. The molecule has 1 amide bonds. The SMILES string of the molecule is CCNC(=NCC(O)COc1ccc(F)cc1)NC1CCN(CC(=O)NC)CC1. The van der Waals surface area contributed by atoms with Crippen molar-refractivity contribution in [1.29, 1.82) is 0 Å². The first-order valence-corrected chi connectivity index (χ1v) is 10.0. The molecular formula is C20H32FN5O3. The van der Waals surface area contributed by atoms with E-state index < -0.39 is 6.10 Å². The van der Waals surface area contributed by atoms with Crippen LogP contribution in [0.5, 0.6) is 5.75 Å². The van der Waals surface area contributed by atoms with Gasteiger partial charge in [-0.1, -0.05) is 0 Å². The highest BCUT2D eigenvalue weighted by atomic mass is 19.1.